The minimum atomic E-state index is -1.08. The molecule has 0 fully saturated rings. The van der Waals surface area contributed by atoms with Crippen LogP contribution in [0.15, 0.2) is 91.0 Å². The van der Waals surface area contributed by atoms with Gasteiger partial charge >= 0.3 is 5.97 Å². The van der Waals surface area contributed by atoms with Crippen molar-refractivity contribution in [1.82, 2.24) is 0 Å². The average molecular weight is 533 g/mol. The molecule has 1 atom stereocenters. The number of hydrogen-bond acceptors (Lipinski definition) is 5. The SMILES string of the molecule is CCCCCCN(CC)c1ccc2c(c1)Oc1ccc(N(C)c3ccccc3)cc1C21OC(=O)c2ccccc21. The number of esters is 1. The zero-order valence-corrected chi connectivity index (χ0v) is 23.5. The number of fused-ring (bicyclic) bond motifs is 6. The number of benzene rings is 4. The summed E-state index contributed by atoms with van der Waals surface area (Å²) in [5, 5.41) is 0. The molecule has 0 saturated carbocycles. The number of carbonyl (C=O) groups excluding carboxylic acids is 1. The van der Waals surface area contributed by atoms with Gasteiger partial charge in [-0.05, 0) is 61.9 Å². The molecule has 40 heavy (non-hydrogen) atoms. The lowest BCUT2D eigenvalue weighted by Gasteiger charge is -2.38. The first-order valence-electron chi connectivity index (χ1n) is 14.4. The molecule has 0 aliphatic carbocycles. The number of rotatable bonds is 9. The second-order valence-corrected chi connectivity index (χ2v) is 10.6. The standard InChI is InChI=1S/C35H36N2O3/c1-4-6-7-13-22-37(5-2)27-18-20-30-33(24-27)39-32-21-19-26(36(3)25-14-9-8-10-15-25)23-31(32)35(30)29-17-12-11-16-28(29)34(38)40-35/h8-12,14-21,23-24H,4-7,13,22H2,1-3H3. The van der Waals surface area contributed by atoms with Crippen LogP contribution < -0.4 is 14.5 Å². The molecule has 2 aliphatic heterocycles. The minimum Gasteiger partial charge on any atom is -0.456 e. The van der Waals surface area contributed by atoms with E-state index >= 15 is 0 Å². The minimum absolute atomic E-state index is 0.314. The maximum Gasteiger partial charge on any atom is 0.340 e. The molecular weight excluding hydrogens is 496 g/mol. The number of hydrogen-bond donors (Lipinski definition) is 0. The Hall–Kier alpha value is -4.25. The van der Waals surface area contributed by atoms with E-state index in [1.165, 1.54) is 19.3 Å². The Balaban J connectivity index is 1.47. The van der Waals surface area contributed by atoms with E-state index in [-0.39, 0.29) is 5.97 Å². The van der Waals surface area contributed by atoms with Crippen LogP contribution >= 0.6 is 0 Å². The molecule has 0 radical (unpaired) electrons. The van der Waals surface area contributed by atoms with Crippen molar-refractivity contribution in [1.29, 1.82) is 0 Å². The number of nitrogens with zero attached hydrogens (tertiary/aromatic N) is 2. The highest BCUT2D eigenvalue weighted by Crippen LogP contribution is 2.57. The van der Waals surface area contributed by atoms with Gasteiger partial charge in [0.2, 0.25) is 0 Å². The lowest BCUT2D eigenvalue weighted by molar-refractivity contribution is 0.0224. The van der Waals surface area contributed by atoms with Crippen molar-refractivity contribution in [2.45, 2.75) is 45.1 Å². The Labute approximate surface area is 237 Å². The summed E-state index contributed by atoms with van der Waals surface area (Å²) in [7, 11) is 2.04. The van der Waals surface area contributed by atoms with Crippen LogP contribution in [0.2, 0.25) is 0 Å². The molecule has 5 nitrogen and oxygen atoms in total. The monoisotopic (exact) mass is 532 g/mol. The van der Waals surface area contributed by atoms with Crippen LogP contribution in [0.3, 0.4) is 0 Å². The van der Waals surface area contributed by atoms with E-state index in [9.17, 15) is 4.79 Å². The van der Waals surface area contributed by atoms with Crippen molar-refractivity contribution in [3.63, 3.8) is 0 Å². The van der Waals surface area contributed by atoms with E-state index in [2.05, 4.69) is 66.1 Å². The van der Waals surface area contributed by atoms with Crippen LogP contribution in [-0.2, 0) is 10.3 Å². The van der Waals surface area contributed by atoms with E-state index in [1.807, 2.05) is 55.6 Å². The first-order chi connectivity index (χ1) is 19.6. The largest absolute Gasteiger partial charge is 0.456 e. The first kappa shape index (κ1) is 26.0. The van der Waals surface area contributed by atoms with E-state index in [0.29, 0.717) is 11.3 Å². The topological polar surface area (TPSA) is 42.0 Å². The highest BCUT2D eigenvalue weighted by molar-refractivity contribution is 5.97. The summed E-state index contributed by atoms with van der Waals surface area (Å²) in [6.07, 6.45) is 4.88. The molecule has 5 heteroatoms. The lowest BCUT2D eigenvalue weighted by atomic mass is 9.77. The molecule has 204 valence electrons. The second kappa shape index (κ2) is 10.7. The highest BCUT2D eigenvalue weighted by Gasteiger charge is 2.53. The molecule has 0 N–H and O–H groups in total. The van der Waals surface area contributed by atoms with Crippen LogP contribution in [0.1, 0.15) is 66.6 Å². The van der Waals surface area contributed by atoms with Gasteiger partial charge in [0.05, 0.1) is 5.56 Å². The van der Waals surface area contributed by atoms with Crippen molar-refractivity contribution in [2.75, 3.05) is 29.9 Å². The van der Waals surface area contributed by atoms with Crippen LogP contribution in [-0.4, -0.2) is 26.1 Å². The average Bonchev–Trinajstić information content (AvgIpc) is 3.29. The van der Waals surface area contributed by atoms with Gasteiger partial charge in [0.1, 0.15) is 11.5 Å². The smallest absolute Gasteiger partial charge is 0.340 e. The quantitative estimate of drug-likeness (QED) is 0.160. The third-order valence-electron chi connectivity index (χ3n) is 8.24. The van der Waals surface area contributed by atoms with E-state index in [1.54, 1.807) is 0 Å². The fourth-order valence-electron chi connectivity index (χ4n) is 6.05. The third-order valence-corrected chi connectivity index (χ3v) is 8.24. The molecule has 1 unspecified atom stereocenters. The van der Waals surface area contributed by atoms with Crippen LogP contribution in [0.5, 0.6) is 11.5 Å². The summed E-state index contributed by atoms with van der Waals surface area (Å²) >= 11 is 0. The lowest BCUT2D eigenvalue weighted by Crippen LogP contribution is -2.33. The summed E-state index contributed by atoms with van der Waals surface area (Å²) < 4.78 is 13.0. The summed E-state index contributed by atoms with van der Waals surface area (Å²) in [4.78, 5) is 17.8. The van der Waals surface area contributed by atoms with Gasteiger partial charge in [-0.25, -0.2) is 4.79 Å². The molecule has 4 aromatic carbocycles. The van der Waals surface area contributed by atoms with E-state index in [0.717, 1.165) is 59.0 Å². The number of ether oxygens (including phenoxy) is 2. The summed E-state index contributed by atoms with van der Waals surface area (Å²) in [5.41, 5.74) is 5.22. The van der Waals surface area contributed by atoms with Gasteiger partial charge in [-0.2, -0.15) is 0 Å². The van der Waals surface area contributed by atoms with Gasteiger partial charge in [0.25, 0.3) is 0 Å². The Morgan fingerprint density at radius 3 is 2.27 bits per heavy atom. The zero-order chi connectivity index (χ0) is 27.7. The molecular formula is C35H36N2O3. The Kier molecular flexibility index (Phi) is 6.97. The predicted octanol–water partition coefficient (Wildman–Crippen LogP) is 8.43. The maximum absolute atomic E-state index is 13.3. The summed E-state index contributed by atoms with van der Waals surface area (Å²) in [6, 6.07) is 30.5. The first-order valence-corrected chi connectivity index (χ1v) is 14.4. The van der Waals surface area contributed by atoms with E-state index < -0.39 is 5.60 Å². The van der Waals surface area contributed by atoms with Crippen LogP contribution in [0.25, 0.3) is 0 Å². The fourth-order valence-corrected chi connectivity index (χ4v) is 6.05. The van der Waals surface area contributed by atoms with E-state index in [4.69, 9.17) is 9.47 Å². The maximum atomic E-state index is 13.3. The molecule has 0 saturated heterocycles. The molecule has 1 spiro atoms. The Morgan fingerprint density at radius 2 is 1.48 bits per heavy atom. The molecule has 2 aliphatic rings. The van der Waals surface area contributed by atoms with Gasteiger partial charge in [0, 0.05) is 60.0 Å². The molecule has 0 amide bonds. The molecule has 2 heterocycles. The van der Waals surface area contributed by atoms with Gasteiger partial charge in [-0.15, -0.1) is 0 Å². The normalized spacial score (nSPS) is 16.5. The van der Waals surface area contributed by atoms with Crippen LogP contribution in [0, 0.1) is 0 Å². The second-order valence-electron chi connectivity index (χ2n) is 10.6. The third kappa shape index (κ3) is 4.30. The molecule has 4 aromatic rings. The highest BCUT2D eigenvalue weighted by atomic mass is 16.6. The van der Waals surface area contributed by atoms with Crippen molar-refractivity contribution < 1.29 is 14.3 Å². The summed E-state index contributed by atoms with van der Waals surface area (Å²) in [5.74, 6) is 1.11. The van der Waals surface area contributed by atoms with Crippen molar-refractivity contribution in [2.24, 2.45) is 0 Å². The van der Waals surface area contributed by atoms with Crippen molar-refractivity contribution in [3.05, 3.63) is 113 Å². The molecule has 6 rings (SSSR count). The van der Waals surface area contributed by atoms with Crippen LogP contribution in [0.4, 0.5) is 17.1 Å². The van der Waals surface area contributed by atoms with Gasteiger partial charge in [-0.3, -0.25) is 0 Å². The molecule has 0 bridgehead atoms. The number of unbranched alkanes of at least 4 members (excludes halogenated alkanes) is 3. The number of anilines is 3. The summed E-state index contributed by atoms with van der Waals surface area (Å²) in [6.45, 7) is 6.35. The predicted molar refractivity (Wildman–Crippen MR) is 161 cm³/mol. The number of carbonyl (C=O) groups is 1. The Bertz CT molecular complexity index is 1530. The zero-order valence-electron chi connectivity index (χ0n) is 23.5. The van der Waals surface area contributed by atoms with Gasteiger partial charge in [0.15, 0.2) is 5.60 Å². The molecule has 0 aromatic heterocycles. The van der Waals surface area contributed by atoms with Gasteiger partial charge < -0.3 is 19.3 Å². The van der Waals surface area contributed by atoms with Crippen molar-refractivity contribution >= 4 is 23.0 Å². The Morgan fingerprint density at radius 1 is 0.700 bits per heavy atom. The fraction of sp³-hybridized carbons (Fsp3) is 0.286. The van der Waals surface area contributed by atoms with Crippen molar-refractivity contribution in [3.8, 4) is 11.5 Å². The van der Waals surface area contributed by atoms with Gasteiger partial charge in [-0.1, -0.05) is 62.6 Å². The number of para-hydroxylation sites is 1.